The topological polar surface area (TPSA) is 92.4 Å². The van der Waals surface area contributed by atoms with Gasteiger partial charge in [-0.2, -0.15) is 0 Å². The quantitative estimate of drug-likeness (QED) is 0.759. The monoisotopic (exact) mass is 334 g/mol. The molecule has 0 radical (unpaired) electrons. The van der Waals surface area contributed by atoms with Gasteiger partial charge in [-0.25, -0.2) is 13.1 Å². The molecule has 2 unspecified atom stereocenters. The van der Waals surface area contributed by atoms with Gasteiger partial charge in [0.05, 0.1) is 6.04 Å². The second kappa shape index (κ2) is 6.36. The highest BCUT2D eigenvalue weighted by atomic mass is 35.5. The van der Waals surface area contributed by atoms with E-state index in [-0.39, 0.29) is 16.7 Å². The van der Waals surface area contributed by atoms with E-state index in [1.54, 1.807) is 0 Å². The van der Waals surface area contributed by atoms with Gasteiger partial charge in [-0.15, -0.1) is 0 Å². The van der Waals surface area contributed by atoms with Crippen LogP contribution in [0.3, 0.4) is 0 Å². The van der Waals surface area contributed by atoms with Gasteiger partial charge in [0, 0.05) is 6.54 Å². The van der Waals surface area contributed by atoms with Crippen molar-refractivity contribution < 1.29 is 13.5 Å². The Morgan fingerprint density at radius 3 is 2.55 bits per heavy atom. The van der Waals surface area contributed by atoms with Crippen LogP contribution in [0.4, 0.5) is 0 Å². The van der Waals surface area contributed by atoms with E-state index in [0.29, 0.717) is 6.42 Å². The van der Waals surface area contributed by atoms with Crippen molar-refractivity contribution in [2.75, 3.05) is 6.54 Å². The van der Waals surface area contributed by atoms with E-state index < -0.39 is 20.6 Å². The lowest BCUT2D eigenvalue weighted by Crippen LogP contribution is -2.43. The van der Waals surface area contributed by atoms with Crippen molar-refractivity contribution in [2.24, 2.45) is 5.73 Å². The SMILES string of the molecule is NC1C(O)=C(Cl)SC1S(=O)(=O)NCCc1ccccc1. The Labute approximate surface area is 127 Å². The number of aliphatic hydroxyl groups excluding tert-OH is 1. The lowest BCUT2D eigenvalue weighted by Gasteiger charge is -2.16. The predicted octanol–water partition coefficient (Wildman–Crippen LogP) is 1.51. The number of nitrogens with two attached hydrogens (primary N) is 1. The highest BCUT2D eigenvalue weighted by molar-refractivity contribution is 8.16. The highest BCUT2D eigenvalue weighted by Crippen LogP contribution is 2.40. The summed E-state index contributed by atoms with van der Waals surface area (Å²) in [4.78, 5) is 0. The van der Waals surface area contributed by atoms with Gasteiger partial charge in [-0.05, 0) is 12.0 Å². The third kappa shape index (κ3) is 3.48. The zero-order chi connectivity index (χ0) is 14.8. The molecule has 2 atom stereocenters. The van der Waals surface area contributed by atoms with Gasteiger partial charge in [0.2, 0.25) is 10.0 Å². The first kappa shape index (κ1) is 15.7. The van der Waals surface area contributed by atoms with Crippen LogP contribution in [0.2, 0.25) is 0 Å². The summed E-state index contributed by atoms with van der Waals surface area (Å²) in [6, 6.07) is 8.55. The number of thioether (sulfide) groups is 1. The van der Waals surface area contributed by atoms with Crippen LogP contribution >= 0.6 is 23.4 Å². The summed E-state index contributed by atoms with van der Waals surface area (Å²) < 4.78 is 25.8. The Morgan fingerprint density at radius 1 is 1.35 bits per heavy atom. The molecule has 1 aromatic rings. The van der Waals surface area contributed by atoms with Crippen molar-refractivity contribution in [2.45, 2.75) is 17.0 Å². The molecule has 0 saturated heterocycles. The summed E-state index contributed by atoms with van der Waals surface area (Å²) in [6.07, 6.45) is 0.583. The largest absolute Gasteiger partial charge is 0.508 e. The lowest BCUT2D eigenvalue weighted by molar-refractivity contribution is 0.375. The molecule has 0 saturated carbocycles. The van der Waals surface area contributed by atoms with Crippen LogP contribution in [0.5, 0.6) is 0 Å². The minimum Gasteiger partial charge on any atom is -0.508 e. The number of halogens is 1. The average Bonchev–Trinajstić information content (AvgIpc) is 2.68. The van der Waals surface area contributed by atoms with Gasteiger partial charge in [0.15, 0.2) is 0 Å². The fraction of sp³-hybridized carbons (Fsp3) is 0.333. The number of rotatable bonds is 5. The van der Waals surface area contributed by atoms with Gasteiger partial charge < -0.3 is 10.8 Å². The van der Waals surface area contributed by atoms with E-state index in [9.17, 15) is 13.5 Å². The molecule has 110 valence electrons. The van der Waals surface area contributed by atoms with Crippen molar-refractivity contribution in [1.82, 2.24) is 4.72 Å². The lowest BCUT2D eigenvalue weighted by atomic mass is 10.2. The maximum absolute atomic E-state index is 12.1. The second-order valence-corrected chi connectivity index (χ2v) is 8.28. The molecule has 1 heterocycles. The Kier molecular flexibility index (Phi) is 4.98. The zero-order valence-corrected chi connectivity index (χ0v) is 12.9. The molecule has 1 aromatic carbocycles. The normalized spacial score (nSPS) is 23.3. The molecule has 0 fully saturated rings. The highest BCUT2D eigenvalue weighted by Gasteiger charge is 2.41. The first-order valence-corrected chi connectivity index (χ1v) is 8.75. The smallest absolute Gasteiger partial charge is 0.226 e. The van der Waals surface area contributed by atoms with Crippen molar-refractivity contribution in [1.29, 1.82) is 0 Å². The van der Waals surface area contributed by atoms with Crippen LogP contribution in [0.1, 0.15) is 5.56 Å². The molecule has 2 rings (SSSR count). The average molecular weight is 335 g/mol. The first-order chi connectivity index (χ1) is 9.42. The summed E-state index contributed by atoms with van der Waals surface area (Å²) in [5.41, 5.74) is 6.69. The number of hydrogen-bond acceptors (Lipinski definition) is 5. The van der Waals surface area contributed by atoms with E-state index in [4.69, 9.17) is 17.3 Å². The van der Waals surface area contributed by atoms with Gasteiger partial charge in [0.1, 0.15) is 14.7 Å². The van der Waals surface area contributed by atoms with Crippen molar-refractivity contribution >= 4 is 33.4 Å². The van der Waals surface area contributed by atoms with E-state index in [0.717, 1.165) is 17.3 Å². The molecule has 4 N–H and O–H groups in total. The number of nitrogens with one attached hydrogen (secondary N) is 1. The molecule has 20 heavy (non-hydrogen) atoms. The van der Waals surface area contributed by atoms with Crippen molar-refractivity contribution in [3.05, 3.63) is 46.0 Å². The molecular formula is C12H15ClN2O3S2. The van der Waals surface area contributed by atoms with E-state index in [2.05, 4.69) is 4.72 Å². The molecule has 0 amide bonds. The molecule has 1 aliphatic heterocycles. The van der Waals surface area contributed by atoms with Crippen molar-refractivity contribution in [3.63, 3.8) is 0 Å². The molecule has 5 nitrogen and oxygen atoms in total. The fourth-order valence-corrected chi connectivity index (χ4v) is 5.19. The second-order valence-electron chi connectivity index (χ2n) is 4.35. The molecule has 0 bridgehead atoms. The summed E-state index contributed by atoms with van der Waals surface area (Å²) in [5, 5.41) is 9.51. The van der Waals surface area contributed by atoms with Crippen LogP contribution in [-0.4, -0.2) is 30.7 Å². The number of aliphatic hydroxyl groups is 1. The number of sulfonamides is 1. The Bertz CT molecular complexity index is 604. The fourth-order valence-electron chi connectivity index (χ4n) is 1.82. The van der Waals surface area contributed by atoms with Crippen LogP contribution in [0, 0.1) is 0 Å². The van der Waals surface area contributed by atoms with E-state index in [1.165, 1.54) is 0 Å². The maximum atomic E-state index is 12.1. The zero-order valence-electron chi connectivity index (χ0n) is 10.5. The predicted molar refractivity (Wildman–Crippen MR) is 81.9 cm³/mol. The molecule has 0 aliphatic carbocycles. The summed E-state index contributed by atoms with van der Waals surface area (Å²) in [5.74, 6) is -0.268. The molecular weight excluding hydrogens is 320 g/mol. The minimum absolute atomic E-state index is 0.0379. The van der Waals surface area contributed by atoms with Gasteiger partial charge in [-0.1, -0.05) is 53.7 Å². The van der Waals surface area contributed by atoms with Crippen LogP contribution in [0.15, 0.2) is 40.5 Å². The molecule has 0 aromatic heterocycles. The Morgan fingerprint density at radius 2 is 2.00 bits per heavy atom. The maximum Gasteiger partial charge on any atom is 0.226 e. The third-order valence-electron chi connectivity index (χ3n) is 2.90. The van der Waals surface area contributed by atoms with Gasteiger partial charge in [-0.3, -0.25) is 0 Å². The Hall–Kier alpha value is -0.730. The van der Waals surface area contributed by atoms with Crippen molar-refractivity contribution in [3.8, 4) is 0 Å². The number of benzene rings is 1. The number of hydrogen-bond donors (Lipinski definition) is 3. The Balaban J connectivity index is 1.93. The van der Waals surface area contributed by atoms with Crippen LogP contribution < -0.4 is 10.5 Å². The molecule has 8 heteroatoms. The van der Waals surface area contributed by atoms with E-state index >= 15 is 0 Å². The first-order valence-electron chi connectivity index (χ1n) is 5.95. The van der Waals surface area contributed by atoms with Gasteiger partial charge >= 0.3 is 0 Å². The van der Waals surface area contributed by atoms with E-state index in [1.807, 2.05) is 30.3 Å². The molecule has 1 aliphatic rings. The van der Waals surface area contributed by atoms with Crippen LogP contribution in [-0.2, 0) is 16.4 Å². The summed E-state index contributed by atoms with van der Waals surface area (Å²) in [6.45, 7) is 0.272. The standard InChI is InChI=1S/C12H15ClN2O3S2/c13-11-10(16)9(14)12(19-11)20(17,18)15-7-6-8-4-2-1-3-5-8/h1-5,9,12,15-16H,6-7,14H2. The van der Waals surface area contributed by atoms with Crippen LogP contribution in [0.25, 0.3) is 0 Å². The summed E-state index contributed by atoms with van der Waals surface area (Å²) >= 11 is 6.56. The third-order valence-corrected chi connectivity index (χ3v) is 6.86. The summed E-state index contributed by atoms with van der Waals surface area (Å²) in [7, 11) is -3.64. The minimum atomic E-state index is -3.64. The van der Waals surface area contributed by atoms with Gasteiger partial charge in [0.25, 0.3) is 0 Å². The molecule has 0 spiro atoms.